The SMILES string of the molecule is C[C@@H](O)[C@H](NCC(=O)[C@H](CCCCNC(=O)COCCOCCCC(=O)COCCOCCNC(=O)CC[C@H](NC(=O)CCCCCCCCCCCCCCCCC(=O)O)C(=O)O)NCC(=O)C(C)(C)NC(=O)CCc1cnc[nH]1)C(N)=O. The van der Waals surface area contributed by atoms with E-state index in [1.165, 1.54) is 45.4 Å². The van der Waals surface area contributed by atoms with Crippen LogP contribution >= 0.6 is 0 Å². The first-order chi connectivity index (χ1) is 40.2. The molecule has 0 aliphatic heterocycles. The molecule has 26 heteroatoms. The van der Waals surface area contributed by atoms with Crippen LogP contribution in [0, 0.1) is 0 Å². The zero-order valence-electron chi connectivity index (χ0n) is 50.2. The van der Waals surface area contributed by atoms with Crippen molar-refractivity contribution in [3.05, 3.63) is 18.2 Å². The minimum absolute atomic E-state index is 0.0467. The van der Waals surface area contributed by atoms with Crippen LogP contribution in [0.2, 0.25) is 0 Å². The Labute approximate surface area is 495 Å². The molecule has 1 aromatic rings. The number of carbonyl (C=O) groups is 10. The van der Waals surface area contributed by atoms with E-state index >= 15 is 0 Å². The van der Waals surface area contributed by atoms with Crippen molar-refractivity contribution in [3.8, 4) is 0 Å². The molecule has 1 heterocycles. The molecule has 0 saturated carbocycles. The second kappa shape index (κ2) is 48.5. The van der Waals surface area contributed by atoms with E-state index in [0.717, 1.165) is 57.1 Å². The lowest BCUT2D eigenvalue weighted by Gasteiger charge is -2.27. The maximum atomic E-state index is 13.3. The summed E-state index contributed by atoms with van der Waals surface area (Å²) in [6, 6.07) is -3.18. The zero-order valence-corrected chi connectivity index (χ0v) is 50.2. The number of aliphatic hydroxyl groups excluding tert-OH is 1. The average Bonchev–Trinajstić information content (AvgIpc) is 4.13. The molecule has 480 valence electrons. The highest BCUT2D eigenvalue weighted by Crippen LogP contribution is 2.15. The molecule has 1 rings (SSSR count). The van der Waals surface area contributed by atoms with Gasteiger partial charge in [0.1, 0.15) is 25.3 Å². The lowest BCUT2D eigenvalue weighted by molar-refractivity contribution is -0.142. The molecule has 0 aliphatic rings. The topological polar surface area (TPSA) is 395 Å². The first-order valence-electron chi connectivity index (χ1n) is 30.1. The van der Waals surface area contributed by atoms with Crippen LogP contribution in [0.4, 0.5) is 0 Å². The van der Waals surface area contributed by atoms with Crippen LogP contribution in [0.15, 0.2) is 12.5 Å². The Morgan fingerprint density at radius 1 is 0.583 bits per heavy atom. The Morgan fingerprint density at radius 3 is 1.75 bits per heavy atom. The van der Waals surface area contributed by atoms with Gasteiger partial charge in [-0.05, 0) is 72.1 Å². The highest BCUT2D eigenvalue weighted by molar-refractivity contribution is 5.94. The Balaban J connectivity index is 2.12. The third-order valence-corrected chi connectivity index (χ3v) is 13.6. The maximum Gasteiger partial charge on any atom is 0.326 e. The summed E-state index contributed by atoms with van der Waals surface area (Å²) in [5.74, 6) is -5.04. The van der Waals surface area contributed by atoms with Crippen molar-refractivity contribution in [2.45, 2.75) is 211 Å². The quantitative estimate of drug-likeness (QED) is 0.0418. The molecule has 0 fully saturated rings. The van der Waals surface area contributed by atoms with Crippen LogP contribution < -0.4 is 37.6 Å². The molecule has 4 atom stereocenters. The number of rotatable bonds is 58. The number of carbonyl (C=O) groups excluding carboxylic acids is 8. The number of nitrogens with two attached hydrogens (primary N) is 1. The van der Waals surface area contributed by atoms with Gasteiger partial charge in [-0.1, -0.05) is 77.0 Å². The molecule has 0 aliphatic carbocycles. The third-order valence-electron chi connectivity index (χ3n) is 13.6. The number of nitrogens with zero attached hydrogens (tertiary/aromatic N) is 1. The largest absolute Gasteiger partial charge is 0.481 e. The molecule has 0 saturated heterocycles. The predicted molar refractivity (Wildman–Crippen MR) is 311 cm³/mol. The number of hydrogen-bond acceptors (Lipinski definition) is 18. The first kappa shape index (κ1) is 76.2. The molecule has 12 N–H and O–H groups in total. The van der Waals surface area contributed by atoms with E-state index in [4.69, 9.17) is 29.8 Å². The summed E-state index contributed by atoms with van der Waals surface area (Å²) in [6.45, 7) is 5.26. The fourth-order valence-corrected chi connectivity index (χ4v) is 8.63. The molecule has 0 bridgehead atoms. The van der Waals surface area contributed by atoms with Gasteiger partial charge in [-0.2, -0.15) is 0 Å². The fourth-order valence-electron chi connectivity index (χ4n) is 8.63. The van der Waals surface area contributed by atoms with Crippen LogP contribution in [0.1, 0.15) is 181 Å². The number of aliphatic carboxylic acids is 2. The summed E-state index contributed by atoms with van der Waals surface area (Å²) in [5.41, 5.74) is 4.88. The van der Waals surface area contributed by atoms with Gasteiger partial charge < -0.3 is 71.6 Å². The molecule has 0 spiro atoms. The van der Waals surface area contributed by atoms with E-state index in [0.29, 0.717) is 38.7 Å². The molecule has 5 amide bonds. The van der Waals surface area contributed by atoms with Gasteiger partial charge in [0.05, 0.1) is 70.1 Å². The zero-order chi connectivity index (χ0) is 62.2. The second-order valence-electron chi connectivity index (χ2n) is 21.6. The summed E-state index contributed by atoms with van der Waals surface area (Å²) in [4.78, 5) is 129. The summed E-state index contributed by atoms with van der Waals surface area (Å²) < 4.78 is 21.7. The van der Waals surface area contributed by atoms with Gasteiger partial charge in [0.25, 0.3) is 0 Å². The number of aliphatic hydroxyl groups is 1. The number of carboxylic acids is 2. The highest BCUT2D eigenvalue weighted by Gasteiger charge is 2.31. The minimum atomic E-state index is -1.25. The van der Waals surface area contributed by atoms with Crippen molar-refractivity contribution in [2.75, 3.05) is 79.0 Å². The van der Waals surface area contributed by atoms with E-state index < -0.39 is 47.6 Å². The molecule has 0 unspecified atom stereocenters. The number of nitrogens with one attached hydrogen (secondary N) is 7. The van der Waals surface area contributed by atoms with Gasteiger partial charge in [0.2, 0.25) is 29.5 Å². The van der Waals surface area contributed by atoms with Gasteiger partial charge in [-0.25, -0.2) is 9.78 Å². The van der Waals surface area contributed by atoms with Crippen molar-refractivity contribution in [1.82, 2.24) is 41.9 Å². The first-order valence-corrected chi connectivity index (χ1v) is 30.1. The standard InChI is InChI=1S/C58H101N9O17/c1-43(68)55(56(59)78)64-38-48(70)46(63-39-49(71)58(2,3)67-52(74)27-25-44-37-60-42-65-44)22-18-19-29-61-53(75)41-84-36-33-81-31-20-21-45(69)40-83-35-34-82-32-30-62-50(72)28-26-47(57(79)80)66-51(73)23-16-14-12-10-8-6-4-5-7-9-11-13-15-17-24-54(76)77/h37,42-43,46-47,55,63-64,68H,4-36,38-41H2,1-3H3,(H2,59,78)(H,60,65)(H,61,75)(H,62,72)(H,66,73)(H,67,74)(H,76,77)(H,79,80)/t43-,46+,47+,55+/m1/s1. The Kier molecular flexibility index (Phi) is 44.0. The Hall–Kier alpha value is -5.77. The molecule has 26 nitrogen and oxygen atoms in total. The fraction of sp³-hybridized carbons (Fsp3) is 0.776. The number of unbranched alkanes of at least 4 members (excludes halogenated alkanes) is 14. The second-order valence-corrected chi connectivity index (χ2v) is 21.6. The molecular weight excluding hydrogens is 1090 g/mol. The van der Waals surface area contributed by atoms with Crippen LogP contribution in [-0.4, -0.2) is 193 Å². The number of aryl methyl sites for hydroxylation is 1. The van der Waals surface area contributed by atoms with Crippen molar-refractivity contribution in [3.63, 3.8) is 0 Å². The Bertz CT molecular complexity index is 2040. The number of ketones is 3. The summed E-state index contributed by atoms with van der Waals surface area (Å²) in [5, 5.41) is 44.5. The average molecular weight is 1200 g/mol. The predicted octanol–water partition coefficient (Wildman–Crippen LogP) is 2.65. The van der Waals surface area contributed by atoms with E-state index in [1.807, 2.05) is 0 Å². The summed E-state index contributed by atoms with van der Waals surface area (Å²) >= 11 is 0. The van der Waals surface area contributed by atoms with Gasteiger partial charge in [-0.3, -0.25) is 48.5 Å². The third kappa shape index (κ3) is 42.1. The number of primary amides is 1. The van der Waals surface area contributed by atoms with E-state index in [-0.39, 0.29) is 158 Å². The monoisotopic (exact) mass is 1200 g/mol. The number of aromatic amines is 1. The van der Waals surface area contributed by atoms with Crippen molar-refractivity contribution >= 4 is 58.8 Å². The number of hydrogen-bond donors (Lipinski definition) is 11. The smallest absolute Gasteiger partial charge is 0.326 e. The highest BCUT2D eigenvalue weighted by atomic mass is 16.5. The van der Waals surface area contributed by atoms with Gasteiger partial charge in [-0.15, -0.1) is 0 Å². The molecule has 0 aromatic carbocycles. The van der Waals surface area contributed by atoms with Crippen molar-refractivity contribution in [2.24, 2.45) is 5.73 Å². The maximum absolute atomic E-state index is 13.3. The van der Waals surface area contributed by atoms with E-state index in [9.17, 15) is 58.2 Å². The number of imidazole rings is 1. The van der Waals surface area contributed by atoms with E-state index in [1.54, 1.807) is 20.0 Å². The summed E-state index contributed by atoms with van der Waals surface area (Å²) in [7, 11) is 0. The summed E-state index contributed by atoms with van der Waals surface area (Å²) in [6.07, 6.45) is 19.6. The lowest BCUT2D eigenvalue weighted by Crippen LogP contribution is -2.55. The lowest BCUT2D eigenvalue weighted by atomic mass is 9.97. The van der Waals surface area contributed by atoms with Gasteiger partial charge >= 0.3 is 11.9 Å². The van der Waals surface area contributed by atoms with Crippen molar-refractivity contribution in [1.29, 1.82) is 0 Å². The van der Waals surface area contributed by atoms with Crippen LogP contribution in [0.25, 0.3) is 0 Å². The normalized spacial score (nSPS) is 12.9. The number of amides is 5. The van der Waals surface area contributed by atoms with E-state index in [2.05, 4.69) is 41.9 Å². The van der Waals surface area contributed by atoms with Gasteiger partial charge in [0, 0.05) is 63.7 Å². The number of ether oxygens (including phenoxy) is 4. The van der Waals surface area contributed by atoms with Gasteiger partial charge in [0.15, 0.2) is 17.3 Å². The minimum Gasteiger partial charge on any atom is -0.481 e. The number of H-pyrrole nitrogens is 1. The molecule has 1 aromatic heterocycles. The molecule has 0 radical (unpaired) electrons. The number of aromatic nitrogens is 2. The molecule has 84 heavy (non-hydrogen) atoms. The van der Waals surface area contributed by atoms with Crippen LogP contribution in [0.5, 0.6) is 0 Å². The van der Waals surface area contributed by atoms with Crippen LogP contribution in [-0.2, 0) is 73.3 Å². The number of carboxylic acid groups (broad SMARTS) is 2. The van der Waals surface area contributed by atoms with Crippen LogP contribution in [0.3, 0.4) is 0 Å². The molecular formula is C58H101N9O17. The van der Waals surface area contributed by atoms with Crippen molar-refractivity contribution < 1.29 is 82.2 Å². The Morgan fingerprint density at radius 2 is 1.17 bits per heavy atom. The number of Topliss-reactive ketones (excluding diaryl/α,β-unsaturated/α-hetero) is 3.